The highest BCUT2D eigenvalue weighted by molar-refractivity contribution is 6.12. The minimum absolute atomic E-state index is 0.0211. The number of nitrogens with one attached hydrogen (secondary N) is 4. The highest BCUT2D eigenvalue weighted by Crippen LogP contribution is 2.40. The Bertz CT molecular complexity index is 3550. The Morgan fingerprint density at radius 1 is 0.388 bits per heavy atom. The number of amides is 6. The van der Waals surface area contributed by atoms with Gasteiger partial charge in [0.25, 0.3) is 11.8 Å². The first-order valence-corrected chi connectivity index (χ1v) is 44.0. The summed E-state index contributed by atoms with van der Waals surface area (Å²) in [6.45, 7) is 10.1. The van der Waals surface area contributed by atoms with Crippen LogP contribution in [0.3, 0.4) is 0 Å². The van der Waals surface area contributed by atoms with Crippen LogP contribution in [0.5, 0.6) is 0 Å². The number of ketones is 1. The number of aliphatic hydroxyl groups is 6. The van der Waals surface area contributed by atoms with Crippen molar-refractivity contribution in [3.63, 3.8) is 0 Å². The summed E-state index contributed by atoms with van der Waals surface area (Å²) in [5.74, 6) is -2.01. The molecular formula is C81H130N14O34. The second kappa shape index (κ2) is 54.8. The van der Waals surface area contributed by atoms with Crippen LogP contribution in [0.4, 0.5) is 0 Å². The van der Waals surface area contributed by atoms with Crippen LogP contribution in [0, 0.1) is 0 Å². The maximum absolute atomic E-state index is 14.3. The predicted octanol–water partition coefficient (Wildman–Crippen LogP) is -5.08. The number of carbonyl (C=O) groups excluding carboxylic acids is 7. The molecule has 48 heteroatoms. The number of imide groups is 1. The standard InChI is InChI=1S/C81H130N14O34/c1-56(96)82-66-69(103)72(106)79(53-124-75(66)127-79)50-118-38-35-115-32-29-112-26-23-109-20-17-92-41-59(86-89-92)44-121-47-78(85-63(100)13-9-5-4-7-11-62(99)12-8-6-10-16-95-64(101)14-15-65(95)102,48-122-45-60-42-93(90-87-60)18-21-110-24-27-113-30-33-116-36-39-119-51-80-54-125-76(128-80)67(83-57(2)97)70(104)73(80)107)49-123-46-61-43-94(91-88-61)19-22-111-25-28-114-31-34-117-37-40-120-52-81-55-126-77(129-81)68(84-58(3)98)71(105)74(81)108/h14-15,41-43,66-77,103-108H,4-13,16-40,44-55H2,1-3H3,(H,82,96)(H,83,97)(H,84,98)(H,85,100)/t66-,67-,68-,69-,70-,71-,72-,73-,74-,75+,76+,77+,79+,80+,81+/m1/s1. The van der Waals surface area contributed by atoms with Gasteiger partial charge in [0.1, 0.15) is 100.0 Å². The van der Waals surface area contributed by atoms with E-state index in [1.807, 2.05) is 0 Å². The van der Waals surface area contributed by atoms with E-state index in [1.165, 1.54) is 37.8 Å². The molecule has 7 aliphatic heterocycles. The van der Waals surface area contributed by atoms with Crippen LogP contribution in [0.25, 0.3) is 0 Å². The number of aromatic nitrogens is 9. The molecule has 10 N–H and O–H groups in total. The van der Waals surface area contributed by atoms with Gasteiger partial charge in [0.05, 0.1) is 256 Å². The zero-order valence-corrected chi connectivity index (χ0v) is 73.6. The molecule has 0 saturated carbocycles. The summed E-state index contributed by atoms with van der Waals surface area (Å²) in [4.78, 5) is 86.9. The smallest absolute Gasteiger partial charge is 0.253 e. The molecule has 3 aromatic heterocycles. The Kier molecular flexibility index (Phi) is 44.1. The van der Waals surface area contributed by atoms with Gasteiger partial charge in [-0.1, -0.05) is 34.9 Å². The van der Waals surface area contributed by atoms with Gasteiger partial charge in [-0.05, 0) is 25.7 Å². The summed E-state index contributed by atoms with van der Waals surface area (Å²) in [6.07, 6.45) is 2.39. The molecule has 3 aromatic rings. The van der Waals surface area contributed by atoms with Crippen molar-refractivity contribution in [1.82, 2.24) is 71.1 Å². The normalized spacial score (nSPS) is 25.8. The van der Waals surface area contributed by atoms with E-state index in [4.69, 9.17) is 99.5 Å². The van der Waals surface area contributed by atoms with Gasteiger partial charge in [-0.25, -0.2) is 14.0 Å². The molecule has 10 rings (SSSR count). The molecule has 48 nitrogen and oxygen atoms in total. The molecule has 10 heterocycles. The van der Waals surface area contributed by atoms with E-state index in [9.17, 15) is 64.2 Å². The van der Waals surface area contributed by atoms with E-state index in [1.54, 1.807) is 32.6 Å². The predicted molar refractivity (Wildman–Crippen MR) is 436 cm³/mol. The van der Waals surface area contributed by atoms with Gasteiger partial charge in [-0.15, -0.1) is 15.3 Å². The molecule has 15 atom stereocenters. The van der Waals surface area contributed by atoms with Crippen molar-refractivity contribution < 1.29 is 164 Å². The average molecular weight is 1840 g/mol. The van der Waals surface area contributed by atoms with Gasteiger partial charge in [-0.3, -0.25) is 38.5 Å². The van der Waals surface area contributed by atoms with Crippen LogP contribution in [-0.4, -0.2) is 422 Å². The summed E-state index contributed by atoms with van der Waals surface area (Å²) in [5.41, 5.74) is -3.72. The largest absolute Gasteiger partial charge is 0.388 e. The third-order valence-corrected chi connectivity index (χ3v) is 21.9. The van der Waals surface area contributed by atoms with Crippen molar-refractivity contribution in [2.45, 2.75) is 220 Å². The Labute approximate surface area is 746 Å². The molecule has 0 unspecified atom stereocenters. The molecule has 0 aromatic carbocycles. The monoisotopic (exact) mass is 1840 g/mol. The van der Waals surface area contributed by atoms with Crippen molar-refractivity contribution in [2.75, 3.05) is 205 Å². The molecule has 129 heavy (non-hydrogen) atoms. The lowest BCUT2D eigenvalue weighted by Gasteiger charge is -2.42. The molecule has 0 aliphatic carbocycles. The summed E-state index contributed by atoms with van der Waals surface area (Å²) in [6, 6.07) is -2.75. The van der Waals surface area contributed by atoms with Crippen LogP contribution in [-0.2, 0) is 172 Å². The summed E-state index contributed by atoms with van der Waals surface area (Å²) in [5, 5.41) is 101. The number of Topliss-reactive ketones (excluding diaryl/α,β-unsaturated/α-hetero) is 1. The fraction of sp³-hybridized carbons (Fsp3) is 0.815. The van der Waals surface area contributed by atoms with Gasteiger partial charge in [0.15, 0.2) is 18.9 Å². The fourth-order valence-corrected chi connectivity index (χ4v) is 15.1. The topological polar surface area (TPSA) is 578 Å². The molecule has 6 amide bonds. The Hall–Kier alpha value is -7.23. The maximum Gasteiger partial charge on any atom is 0.253 e. The molecular weight excluding hydrogens is 1710 g/mol. The number of ether oxygens (including phenoxy) is 21. The first kappa shape index (κ1) is 104. The van der Waals surface area contributed by atoms with E-state index in [2.05, 4.69) is 52.2 Å². The lowest BCUT2D eigenvalue weighted by atomic mass is 9.88. The van der Waals surface area contributed by atoms with Crippen LogP contribution in [0.1, 0.15) is 102 Å². The highest BCUT2D eigenvalue weighted by Gasteiger charge is 2.62. The molecule has 6 bridgehead atoms. The number of fused-ring (bicyclic) bond motifs is 6. The van der Waals surface area contributed by atoms with Crippen molar-refractivity contribution in [3.8, 4) is 0 Å². The maximum atomic E-state index is 14.3. The Morgan fingerprint density at radius 2 is 0.674 bits per heavy atom. The number of aliphatic hydroxyl groups excluding tert-OH is 6. The zero-order valence-electron chi connectivity index (χ0n) is 73.6. The van der Waals surface area contributed by atoms with Crippen LogP contribution < -0.4 is 21.3 Å². The first-order chi connectivity index (χ1) is 62.5. The Morgan fingerprint density at radius 3 is 0.984 bits per heavy atom. The molecule has 728 valence electrons. The highest BCUT2D eigenvalue weighted by atomic mass is 16.8. The van der Waals surface area contributed by atoms with E-state index >= 15 is 0 Å². The lowest BCUT2D eigenvalue weighted by Crippen LogP contribution is -2.66. The summed E-state index contributed by atoms with van der Waals surface area (Å²) < 4.78 is 127. The number of hydrogen-bond donors (Lipinski definition) is 10. The SMILES string of the molecule is CC(=O)N[C@H]1[C@H]2OC[C@](COCCOCCOCCOCCn3cc(COCC(COCc4cn(CCOCCOCCOCCOC[C@@]56CO[C@@H](O5)[C@H](NC(C)=O)[C@@H](O)[C@H]6O)nn4)(COCc4cn(CCOCCOCCOCCOC[C@@]56CO[C@@H](O5)[C@H](NC(C)=O)[C@@H](O)[C@H]6O)nn4)NC(=O)CCCCCCC(=O)CCCCCN4C(=O)C=CC4=O)nn3)(O2)[C@H](O)[C@@H]1O. The number of carbonyl (C=O) groups is 7. The van der Waals surface area contributed by atoms with Crippen LogP contribution in [0.15, 0.2) is 30.7 Å². The van der Waals surface area contributed by atoms with Crippen LogP contribution in [0.2, 0.25) is 0 Å². The fourth-order valence-electron chi connectivity index (χ4n) is 15.1. The number of hydrogen-bond acceptors (Lipinski definition) is 40. The molecule has 7 aliphatic rings. The van der Waals surface area contributed by atoms with Gasteiger partial charge < -0.3 is 151 Å². The number of unbranched alkanes of at least 4 members (excludes halogenated alkanes) is 5. The number of rotatable bonds is 71. The van der Waals surface area contributed by atoms with Gasteiger partial charge in [0, 0.05) is 58.7 Å². The van der Waals surface area contributed by atoms with E-state index in [-0.39, 0.29) is 208 Å². The minimum Gasteiger partial charge on any atom is -0.388 e. The summed E-state index contributed by atoms with van der Waals surface area (Å²) in [7, 11) is 0. The molecule has 6 fully saturated rings. The quantitative estimate of drug-likeness (QED) is 0.0187. The first-order valence-electron chi connectivity index (χ1n) is 44.0. The second-order valence-electron chi connectivity index (χ2n) is 32.4. The van der Waals surface area contributed by atoms with Gasteiger partial charge in [-0.2, -0.15) is 0 Å². The molecule has 0 radical (unpaired) electrons. The molecule has 6 saturated heterocycles. The van der Waals surface area contributed by atoms with Crippen molar-refractivity contribution in [3.05, 3.63) is 47.8 Å². The summed E-state index contributed by atoms with van der Waals surface area (Å²) >= 11 is 0. The van der Waals surface area contributed by atoms with Crippen molar-refractivity contribution >= 4 is 41.2 Å². The lowest BCUT2D eigenvalue weighted by molar-refractivity contribution is -0.238. The van der Waals surface area contributed by atoms with Crippen molar-refractivity contribution in [1.29, 1.82) is 0 Å². The second-order valence-corrected chi connectivity index (χ2v) is 32.4. The van der Waals surface area contributed by atoms with Gasteiger partial charge >= 0.3 is 0 Å². The van der Waals surface area contributed by atoms with E-state index in [0.717, 1.165) is 0 Å². The molecule has 0 spiro atoms. The van der Waals surface area contributed by atoms with Crippen LogP contribution >= 0.6 is 0 Å². The van der Waals surface area contributed by atoms with Gasteiger partial charge in [0.2, 0.25) is 23.6 Å². The third kappa shape index (κ3) is 33.4. The van der Waals surface area contributed by atoms with E-state index < -0.39 is 114 Å². The van der Waals surface area contributed by atoms with E-state index in [0.29, 0.717) is 141 Å². The average Bonchev–Trinajstić information content (AvgIpc) is 1.61. The third-order valence-electron chi connectivity index (χ3n) is 21.9. The Balaban J connectivity index is 0.652. The van der Waals surface area contributed by atoms with Crippen molar-refractivity contribution in [2.24, 2.45) is 0 Å². The number of nitrogens with zero attached hydrogens (tertiary/aromatic N) is 10. The minimum atomic E-state index is -1.35. The zero-order chi connectivity index (χ0) is 91.7.